The summed E-state index contributed by atoms with van der Waals surface area (Å²) in [6, 6.07) is 2.11. The summed E-state index contributed by atoms with van der Waals surface area (Å²) < 4.78 is 1.84. The van der Waals surface area contributed by atoms with E-state index in [-0.39, 0.29) is 5.92 Å². The van der Waals surface area contributed by atoms with E-state index < -0.39 is 0 Å². The average Bonchev–Trinajstić information content (AvgIpc) is 3.33. The van der Waals surface area contributed by atoms with E-state index in [0.29, 0.717) is 5.91 Å². The Morgan fingerprint density at radius 2 is 2.04 bits per heavy atom. The fourth-order valence-electron chi connectivity index (χ4n) is 4.29. The van der Waals surface area contributed by atoms with Crippen molar-refractivity contribution in [3.63, 3.8) is 0 Å². The summed E-state index contributed by atoms with van der Waals surface area (Å²) in [5, 5.41) is 4.30. The zero-order valence-electron chi connectivity index (χ0n) is 17.1. The van der Waals surface area contributed by atoms with E-state index in [0.717, 1.165) is 56.7 Å². The van der Waals surface area contributed by atoms with Gasteiger partial charge in [-0.05, 0) is 24.1 Å². The molecule has 148 valence electrons. The molecule has 2 aromatic rings. The van der Waals surface area contributed by atoms with E-state index in [4.69, 9.17) is 0 Å². The maximum absolute atomic E-state index is 12.6. The Balaban J connectivity index is 1.48. The zero-order valence-corrected chi connectivity index (χ0v) is 17.1. The quantitative estimate of drug-likeness (QED) is 0.801. The summed E-state index contributed by atoms with van der Waals surface area (Å²) in [5.74, 6) is 0.437. The van der Waals surface area contributed by atoms with Gasteiger partial charge in [-0.3, -0.25) is 14.5 Å². The summed E-state index contributed by atoms with van der Waals surface area (Å²) >= 11 is 0. The molecule has 1 saturated heterocycles. The van der Waals surface area contributed by atoms with Gasteiger partial charge in [-0.15, -0.1) is 0 Å². The third-order valence-corrected chi connectivity index (χ3v) is 5.88. The van der Waals surface area contributed by atoms with Crippen LogP contribution in [0.1, 0.15) is 43.5 Å². The molecule has 1 aliphatic heterocycles. The van der Waals surface area contributed by atoms with Crippen LogP contribution in [0, 0.1) is 5.92 Å². The molecule has 1 fully saturated rings. The molecule has 0 N–H and O–H groups in total. The summed E-state index contributed by atoms with van der Waals surface area (Å²) in [6.07, 6.45) is 11.0. The van der Waals surface area contributed by atoms with Gasteiger partial charge in [0, 0.05) is 74.8 Å². The molecule has 1 unspecified atom stereocenters. The summed E-state index contributed by atoms with van der Waals surface area (Å²) in [7, 11) is 1.94. The standard InChI is InChI=1S/C22H29N5O/c1-4-5-16(2)22(28)27-10-8-26(9-11-27)21-6-7-23-20-13-17(12-19(20)21)18-14-24-25(3)15-18/h6-7,12,14-16H,4-5,8-11,13H2,1-3H3. The number of carbonyl (C=O) groups excluding carboxylic acids is 1. The third kappa shape index (κ3) is 3.55. The van der Waals surface area contributed by atoms with Crippen LogP contribution in [0.15, 0.2) is 24.7 Å². The van der Waals surface area contributed by atoms with Crippen molar-refractivity contribution in [2.45, 2.75) is 33.1 Å². The molecular weight excluding hydrogens is 350 g/mol. The minimum absolute atomic E-state index is 0.131. The van der Waals surface area contributed by atoms with Crippen LogP contribution in [0.5, 0.6) is 0 Å². The Hall–Kier alpha value is -2.63. The maximum atomic E-state index is 12.6. The number of nitrogens with zero attached hydrogens (tertiary/aromatic N) is 5. The fourth-order valence-corrected chi connectivity index (χ4v) is 4.29. The van der Waals surface area contributed by atoms with Crippen LogP contribution in [0.3, 0.4) is 0 Å². The van der Waals surface area contributed by atoms with Gasteiger partial charge in [0.05, 0.1) is 11.9 Å². The number of hydrogen-bond acceptors (Lipinski definition) is 4. The first-order valence-corrected chi connectivity index (χ1v) is 10.3. The van der Waals surface area contributed by atoms with Gasteiger partial charge in [-0.1, -0.05) is 20.3 Å². The Morgan fingerprint density at radius 1 is 1.25 bits per heavy atom. The third-order valence-electron chi connectivity index (χ3n) is 5.88. The number of aromatic nitrogens is 3. The van der Waals surface area contributed by atoms with Crippen LogP contribution >= 0.6 is 0 Å². The van der Waals surface area contributed by atoms with Gasteiger partial charge in [0.2, 0.25) is 5.91 Å². The molecule has 0 radical (unpaired) electrons. The average molecular weight is 380 g/mol. The SMILES string of the molecule is CCCC(C)C(=O)N1CCN(c2ccnc3c2C=C(c2cnn(C)c2)C3)CC1. The van der Waals surface area contributed by atoms with Crippen molar-refractivity contribution < 1.29 is 4.79 Å². The lowest BCUT2D eigenvalue weighted by atomic mass is 10.0. The first kappa shape index (κ1) is 18.7. The van der Waals surface area contributed by atoms with E-state index >= 15 is 0 Å². The van der Waals surface area contributed by atoms with E-state index in [9.17, 15) is 4.79 Å². The van der Waals surface area contributed by atoms with Crippen LogP contribution in [-0.4, -0.2) is 51.8 Å². The Bertz CT molecular complexity index is 892. The molecule has 0 aromatic carbocycles. The molecule has 1 atom stereocenters. The second-order valence-corrected chi connectivity index (χ2v) is 7.94. The van der Waals surface area contributed by atoms with Crippen molar-refractivity contribution in [3.05, 3.63) is 41.5 Å². The maximum Gasteiger partial charge on any atom is 0.225 e. The molecule has 28 heavy (non-hydrogen) atoms. The van der Waals surface area contributed by atoms with Gasteiger partial charge in [0.1, 0.15) is 0 Å². The molecule has 2 aliphatic rings. The van der Waals surface area contributed by atoms with Gasteiger partial charge in [-0.25, -0.2) is 0 Å². The van der Waals surface area contributed by atoms with Crippen LogP contribution in [0.25, 0.3) is 11.6 Å². The van der Waals surface area contributed by atoms with Gasteiger partial charge < -0.3 is 9.80 Å². The number of hydrogen-bond donors (Lipinski definition) is 0. The Kier molecular flexibility index (Phi) is 5.20. The molecule has 2 aromatic heterocycles. The lowest BCUT2D eigenvalue weighted by Crippen LogP contribution is -2.50. The second kappa shape index (κ2) is 7.78. The van der Waals surface area contributed by atoms with Crippen molar-refractivity contribution >= 4 is 23.2 Å². The number of pyridine rings is 1. The number of amides is 1. The largest absolute Gasteiger partial charge is 0.367 e. The smallest absolute Gasteiger partial charge is 0.225 e. The molecule has 4 rings (SSSR count). The van der Waals surface area contributed by atoms with E-state index in [1.807, 2.05) is 29.0 Å². The van der Waals surface area contributed by atoms with Gasteiger partial charge in [0.15, 0.2) is 0 Å². The first-order chi connectivity index (χ1) is 13.6. The molecule has 0 spiro atoms. The van der Waals surface area contributed by atoms with Crippen LogP contribution in [-0.2, 0) is 18.3 Å². The number of allylic oxidation sites excluding steroid dienone is 1. The highest BCUT2D eigenvalue weighted by molar-refractivity contribution is 5.91. The minimum atomic E-state index is 0.131. The highest BCUT2D eigenvalue weighted by Gasteiger charge is 2.27. The van der Waals surface area contributed by atoms with Crippen molar-refractivity contribution in [1.29, 1.82) is 0 Å². The van der Waals surface area contributed by atoms with Crippen LogP contribution in [0.2, 0.25) is 0 Å². The van der Waals surface area contributed by atoms with Gasteiger partial charge >= 0.3 is 0 Å². The molecule has 3 heterocycles. The number of aryl methyl sites for hydroxylation is 1. The summed E-state index contributed by atoms with van der Waals surface area (Å²) in [6.45, 7) is 7.53. The van der Waals surface area contributed by atoms with Crippen molar-refractivity contribution in [3.8, 4) is 0 Å². The van der Waals surface area contributed by atoms with Crippen molar-refractivity contribution in [2.75, 3.05) is 31.1 Å². The predicted octanol–water partition coefficient (Wildman–Crippen LogP) is 3.00. The molecule has 6 heteroatoms. The number of rotatable bonds is 5. The highest BCUT2D eigenvalue weighted by atomic mass is 16.2. The van der Waals surface area contributed by atoms with Crippen LogP contribution < -0.4 is 4.90 Å². The second-order valence-electron chi connectivity index (χ2n) is 7.94. The van der Waals surface area contributed by atoms with Gasteiger partial charge in [-0.2, -0.15) is 5.10 Å². The molecule has 1 amide bonds. The lowest BCUT2D eigenvalue weighted by Gasteiger charge is -2.37. The van der Waals surface area contributed by atoms with E-state index in [2.05, 4.69) is 47.2 Å². The highest BCUT2D eigenvalue weighted by Crippen LogP contribution is 2.36. The topological polar surface area (TPSA) is 54.3 Å². The van der Waals surface area contributed by atoms with Crippen LogP contribution in [0.4, 0.5) is 5.69 Å². The van der Waals surface area contributed by atoms with E-state index in [1.54, 1.807) is 0 Å². The number of anilines is 1. The molecule has 0 saturated carbocycles. The van der Waals surface area contributed by atoms with Gasteiger partial charge in [0.25, 0.3) is 0 Å². The molecular formula is C22H29N5O. The van der Waals surface area contributed by atoms with E-state index in [1.165, 1.54) is 16.8 Å². The minimum Gasteiger partial charge on any atom is -0.367 e. The predicted molar refractivity (Wildman–Crippen MR) is 112 cm³/mol. The number of piperazine rings is 1. The first-order valence-electron chi connectivity index (χ1n) is 10.3. The van der Waals surface area contributed by atoms with Crippen molar-refractivity contribution in [2.24, 2.45) is 13.0 Å². The Morgan fingerprint density at radius 3 is 2.71 bits per heavy atom. The van der Waals surface area contributed by atoms with Crippen molar-refractivity contribution in [1.82, 2.24) is 19.7 Å². The zero-order chi connectivity index (χ0) is 19.7. The monoisotopic (exact) mass is 379 g/mol. The summed E-state index contributed by atoms with van der Waals surface area (Å²) in [5.41, 5.74) is 6.02. The lowest BCUT2D eigenvalue weighted by molar-refractivity contribution is -0.135. The molecule has 1 aliphatic carbocycles. The normalized spacial score (nSPS) is 17.5. The molecule has 6 nitrogen and oxygen atoms in total. The molecule has 0 bridgehead atoms. The summed E-state index contributed by atoms with van der Waals surface area (Å²) in [4.78, 5) is 21.7. The number of carbonyl (C=O) groups is 1. The Labute approximate surface area is 166 Å². The number of fused-ring (bicyclic) bond motifs is 1. The fraction of sp³-hybridized carbons (Fsp3) is 0.500.